The number of amides is 2. The molecule has 1 aliphatic rings. The van der Waals surface area contributed by atoms with Gasteiger partial charge in [-0.1, -0.05) is 6.07 Å². The van der Waals surface area contributed by atoms with E-state index >= 15 is 0 Å². The molecule has 0 aliphatic carbocycles. The Bertz CT molecular complexity index is 996. The van der Waals surface area contributed by atoms with E-state index in [-0.39, 0.29) is 22.6 Å². The lowest BCUT2D eigenvalue weighted by Crippen LogP contribution is -2.72. The van der Waals surface area contributed by atoms with E-state index in [1.165, 1.54) is 37.7 Å². The number of nitrogens with one attached hydrogen (secondary N) is 2. The number of carbonyl (C=O) groups excluding carboxylic acids is 2. The summed E-state index contributed by atoms with van der Waals surface area (Å²) < 4.78 is 65.2. The zero-order valence-corrected chi connectivity index (χ0v) is 16.3. The quantitative estimate of drug-likeness (QED) is 0.489. The number of Topliss-reactive ketones (excluding diaryl/α,β-unsaturated/α-hetero) is 1. The van der Waals surface area contributed by atoms with Gasteiger partial charge in [0.1, 0.15) is 11.7 Å². The Kier molecular flexibility index (Phi) is 5.81. The average Bonchev–Trinajstić information content (AvgIpc) is 2.72. The SMILES string of the molecule is COc1ccc([C@H]2NC(=O)N[C@@](O)(C(F)(F)F)[C@H]2C(=O)c2ccc(F)cc2)cc1OC. The summed E-state index contributed by atoms with van der Waals surface area (Å²) in [6, 6.07) is 4.87. The predicted molar refractivity (Wildman–Crippen MR) is 99.2 cm³/mol. The molecule has 0 saturated carbocycles. The van der Waals surface area contributed by atoms with Crippen LogP contribution >= 0.6 is 0 Å². The first-order valence-corrected chi connectivity index (χ1v) is 8.91. The molecule has 2 amide bonds. The van der Waals surface area contributed by atoms with E-state index in [9.17, 15) is 32.3 Å². The van der Waals surface area contributed by atoms with Crippen molar-refractivity contribution in [3.05, 3.63) is 59.4 Å². The zero-order valence-electron chi connectivity index (χ0n) is 16.3. The first-order valence-electron chi connectivity index (χ1n) is 8.91. The van der Waals surface area contributed by atoms with Crippen molar-refractivity contribution in [2.75, 3.05) is 14.2 Å². The summed E-state index contributed by atoms with van der Waals surface area (Å²) in [5.74, 6) is -3.70. The number of alkyl halides is 3. The molecule has 0 radical (unpaired) electrons. The minimum Gasteiger partial charge on any atom is -0.493 e. The summed E-state index contributed by atoms with van der Waals surface area (Å²) in [5.41, 5.74) is -4.12. The Morgan fingerprint density at radius 2 is 1.68 bits per heavy atom. The van der Waals surface area contributed by atoms with Crippen LogP contribution in [0.4, 0.5) is 22.4 Å². The minimum atomic E-state index is -5.40. The molecule has 2 aromatic carbocycles. The van der Waals surface area contributed by atoms with Gasteiger partial charge in [0.05, 0.1) is 20.3 Å². The van der Waals surface area contributed by atoms with Crippen molar-refractivity contribution < 1.29 is 41.7 Å². The number of benzene rings is 2. The van der Waals surface area contributed by atoms with E-state index < -0.39 is 41.5 Å². The van der Waals surface area contributed by atoms with E-state index in [4.69, 9.17) is 9.47 Å². The third-order valence-electron chi connectivity index (χ3n) is 4.98. The highest BCUT2D eigenvalue weighted by atomic mass is 19.4. The number of halogens is 4. The van der Waals surface area contributed by atoms with Gasteiger partial charge in [-0.15, -0.1) is 0 Å². The van der Waals surface area contributed by atoms with Crippen LogP contribution in [0.25, 0.3) is 0 Å². The van der Waals surface area contributed by atoms with Gasteiger partial charge >= 0.3 is 12.2 Å². The van der Waals surface area contributed by atoms with E-state index in [0.717, 1.165) is 24.3 Å². The third-order valence-corrected chi connectivity index (χ3v) is 4.98. The van der Waals surface area contributed by atoms with Gasteiger partial charge in [0.25, 0.3) is 0 Å². The van der Waals surface area contributed by atoms with Gasteiger partial charge < -0.3 is 25.2 Å². The van der Waals surface area contributed by atoms with Crippen molar-refractivity contribution in [3.8, 4) is 11.5 Å². The van der Waals surface area contributed by atoms with Crippen LogP contribution in [0.2, 0.25) is 0 Å². The van der Waals surface area contributed by atoms with Crippen molar-refractivity contribution in [3.63, 3.8) is 0 Å². The monoisotopic (exact) mass is 442 g/mol. The number of methoxy groups -OCH3 is 2. The summed E-state index contributed by atoms with van der Waals surface area (Å²) in [7, 11) is 2.66. The molecule has 1 fully saturated rings. The number of hydrogen-bond donors (Lipinski definition) is 3. The van der Waals surface area contributed by atoms with Crippen LogP contribution in [0.3, 0.4) is 0 Å². The van der Waals surface area contributed by atoms with E-state index in [1.54, 1.807) is 0 Å². The van der Waals surface area contributed by atoms with Crippen LogP contribution in [0.15, 0.2) is 42.5 Å². The maximum atomic E-state index is 13.9. The molecule has 1 heterocycles. The highest BCUT2D eigenvalue weighted by Gasteiger charge is 2.66. The molecule has 3 rings (SSSR count). The van der Waals surface area contributed by atoms with Gasteiger partial charge in [-0.3, -0.25) is 4.79 Å². The Morgan fingerprint density at radius 1 is 1.06 bits per heavy atom. The maximum absolute atomic E-state index is 13.9. The van der Waals surface area contributed by atoms with Crippen molar-refractivity contribution in [1.29, 1.82) is 0 Å². The second kappa shape index (κ2) is 8.06. The van der Waals surface area contributed by atoms with Crippen molar-refractivity contribution in [2.45, 2.75) is 17.9 Å². The first-order chi connectivity index (χ1) is 14.5. The fourth-order valence-corrected chi connectivity index (χ4v) is 3.46. The molecule has 3 N–H and O–H groups in total. The molecule has 11 heteroatoms. The molecule has 2 aromatic rings. The number of rotatable bonds is 5. The van der Waals surface area contributed by atoms with Gasteiger partial charge in [-0.05, 0) is 42.0 Å². The van der Waals surface area contributed by atoms with E-state index in [0.29, 0.717) is 0 Å². The standard InChI is InChI=1S/C20H18F4N2O5/c1-30-13-8-5-11(9-14(13)31-2)16-15(17(27)10-3-6-12(21)7-4-10)19(29,20(22,23)24)26-18(28)25-16/h3-9,15-16,29H,1-2H3,(H2,25,26,28)/t15-,16-,19+/m1/s1. The van der Waals surface area contributed by atoms with Gasteiger partial charge in [-0.2, -0.15) is 13.2 Å². The molecule has 3 atom stereocenters. The van der Waals surface area contributed by atoms with Gasteiger partial charge in [0, 0.05) is 5.56 Å². The number of ether oxygens (including phenoxy) is 2. The van der Waals surface area contributed by atoms with Crippen molar-refractivity contribution >= 4 is 11.8 Å². The largest absolute Gasteiger partial charge is 0.493 e. The molecule has 166 valence electrons. The molecule has 7 nitrogen and oxygen atoms in total. The number of carbonyl (C=O) groups is 2. The molecule has 0 bridgehead atoms. The van der Waals surface area contributed by atoms with E-state index in [1.807, 2.05) is 0 Å². The summed E-state index contributed by atoms with van der Waals surface area (Å²) in [4.78, 5) is 25.1. The van der Waals surface area contributed by atoms with Crippen LogP contribution in [-0.2, 0) is 0 Å². The second-order valence-electron chi connectivity index (χ2n) is 6.80. The normalized spacial score (nSPS) is 23.5. The molecule has 1 saturated heterocycles. The summed E-state index contributed by atoms with van der Waals surface area (Å²) >= 11 is 0. The van der Waals surface area contributed by atoms with Crippen LogP contribution in [0, 0.1) is 11.7 Å². The molecular formula is C20H18F4N2O5. The first kappa shape index (κ1) is 22.3. The lowest BCUT2D eigenvalue weighted by atomic mass is 9.77. The van der Waals surface area contributed by atoms with Gasteiger partial charge in [0.2, 0.25) is 5.72 Å². The predicted octanol–water partition coefficient (Wildman–Crippen LogP) is 2.95. The Balaban J connectivity index is 2.18. The average molecular weight is 442 g/mol. The highest BCUT2D eigenvalue weighted by Crippen LogP contribution is 2.45. The van der Waals surface area contributed by atoms with Crippen molar-refractivity contribution in [2.24, 2.45) is 5.92 Å². The summed E-state index contributed by atoms with van der Waals surface area (Å²) in [5, 5.41) is 14.2. The Hall–Kier alpha value is -3.34. The molecule has 31 heavy (non-hydrogen) atoms. The zero-order chi connectivity index (χ0) is 23.0. The van der Waals surface area contributed by atoms with Crippen LogP contribution in [-0.4, -0.2) is 43.0 Å². The fraction of sp³-hybridized carbons (Fsp3) is 0.300. The van der Waals surface area contributed by atoms with Crippen molar-refractivity contribution in [1.82, 2.24) is 10.6 Å². The van der Waals surface area contributed by atoms with Crippen LogP contribution < -0.4 is 20.1 Å². The van der Waals surface area contributed by atoms with Gasteiger partial charge in [0.15, 0.2) is 17.3 Å². The molecule has 0 aromatic heterocycles. The number of hydrogen-bond acceptors (Lipinski definition) is 5. The molecular weight excluding hydrogens is 424 g/mol. The van der Waals surface area contributed by atoms with Gasteiger partial charge in [-0.25, -0.2) is 9.18 Å². The molecule has 0 unspecified atom stereocenters. The van der Waals surface area contributed by atoms with E-state index in [2.05, 4.69) is 5.32 Å². The highest BCUT2D eigenvalue weighted by molar-refractivity contribution is 6.00. The number of ketones is 1. The second-order valence-corrected chi connectivity index (χ2v) is 6.80. The summed E-state index contributed by atoms with van der Waals surface area (Å²) in [6.07, 6.45) is -5.40. The number of aliphatic hydroxyl groups is 1. The fourth-order valence-electron chi connectivity index (χ4n) is 3.46. The molecule has 1 aliphatic heterocycles. The molecule has 0 spiro atoms. The number of urea groups is 1. The van der Waals surface area contributed by atoms with Crippen LogP contribution in [0.1, 0.15) is 22.0 Å². The Morgan fingerprint density at radius 3 is 2.23 bits per heavy atom. The minimum absolute atomic E-state index is 0.0515. The maximum Gasteiger partial charge on any atom is 0.437 e. The lowest BCUT2D eigenvalue weighted by Gasteiger charge is -2.45. The third kappa shape index (κ3) is 4.00. The lowest BCUT2D eigenvalue weighted by molar-refractivity contribution is -0.287. The topological polar surface area (TPSA) is 96.9 Å². The van der Waals surface area contributed by atoms with Crippen LogP contribution in [0.5, 0.6) is 11.5 Å². The summed E-state index contributed by atoms with van der Waals surface area (Å²) in [6.45, 7) is 0. The smallest absolute Gasteiger partial charge is 0.437 e. The Labute approximate surface area is 174 Å².